The van der Waals surface area contributed by atoms with E-state index in [9.17, 15) is 8.78 Å². The van der Waals surface area contributed by atoms with Gasteiger partial charge in [0.1, 0.15) is 23.2 Å². The van der Waals surface area contributed by atoms with Crippen LogP contribution in [0, 0.1) is 18.3 Å². The maximum Gasteiger partial charge on any atom is 0.284 e. The number of hydrogen-bond acceptors (Lipinski definition) is 3. The Labute approximate surface area is 79.9 Å². The van der Waals surface area contributed by atoms with Crippen molar-refractivity contribution in [2.75, 3.05) is 7.11 Å². The molecule has 0 aromatic carbocycles. The lowest BCUT2D eigenvalue weighted by Gasteiger charge is -2.08. The van der Waals surface area contributed by atoms with Gasteiger partial charge in [-0.2, -0.15) is 5.26 Å². The molecular weight excluding hydrogens is 190 g/mol. The molecule has 1 aromatic heterocycles. The van der Waals surface area contributed by atoms with E-state index in [0.717, 1.165) is 0 Å². The van der Waals surface area contributed by atoms with Crippen LogP contribution in [-0.2, 0) is 0 Å². The van der Waals surface area contributed by atoms with E-state index in [-0.39, 0.29) is 11.4 Å². The first-order valence-corrected chi connectivity index (χ1v) is 3.84. The lowest BCUT2D eigenvalue weighted by Crippen LogP contribution is -2.00. The van der Waals surface area contributed by atoms with Gasteiger partial charge in [-0.15, -0.1) is 0 Å². The fraction of sp³-hybridized carbons (Fsp3) is 0.333. The molecule has 1 heterocycles. The largest absolute Gasteiger partial charge is 0.495 e. The van der Waals surface area contributed by atoms with Gasteiger partial charge in [-0.05, 0) is 18.6 Å². The lowest BCUT2D eigenvalue weighted by atomic mass is 10.2. The van der Waals surface area contributed by atoms with Gasteiger partial charge in [0, 0.05) is 0 Å². The van der Waals surface area contributed by atoms with Crippen LogP contribution in [0.5, 0.6) is 5.75 Å². The number of pyridine rings is 1. The molecule has 0 saturated heterocycles. The van der Waals surface area contributed by atoms with E-state index in [4.69, 9.17) is 10.00 Å². The van der Waals surface area contributed by atoms with Crippen LogP contribution in [0.25, 0.3) is 0 Å². The molecule has 0 spiro atoms. The fourth-order valence-electron chi connectivity index (χ4n) is 1.04. The predicted molar refractivity (Wildman–Crippen MR) is 45.2 cm³/mol. The Morgan fingerprint density at radius 3 is 2.64 bits per heavy atom. The van der Waals surface area contributed by atoms with Crippen LogP contribution in [0.1, 0.15) is 23.4 Å². The maximum absolute atomic E-state index is 12.4. The molecule has 0 N–H and O–H groups in total. The van der Waals surface area contributed by atoms with Gasteiger partial charge in [0.15, 0.2) is 0 Å². The average molecular weight is 198 g/mol. The van der Waals surface area contributed by atoms with Crippen LogP contribution in [0.4, 0.5) is 8.78 Å². The van der Waals surface area contributed by atoms with Crippen LogP contribution in [0.15, 0.2) is 6.07 Å². The lowest BCUT2D eigenvalue weighted by molar-refractivity contribution is 0.141. The van der Waals surface area contributed by atoms with Crippen molar-refractivity contribution in [3.05, 3.63) is 23.0 Å². The zero-order chi connectivity index (χ0) is 10.7. The summed E-state index contributed by atoms with van der Waals surface area (Å²) in [5, 5.41) is 8.59. The Bertz CT molecular complexity index is 385. The van der Waals surface area contributed by atoms with E-state index in [0.29, 0.717) is 5.56 Å². The van der Waals surface area contributed by atoms with E-state index < -0.39 is 12.1 Å². The Balaban J connectivity index is 3.34. The molecule has 0 bridgehead atoms. The second-order valence-electron chi connectivity index (χ2n) is 2.65. The second-order valence-corrected chi connectivity index (χ2v) is 2.65. The summed E-state index contributed by atoms with van der Waals surface area (Å²) in [5.74, 6) is 0.0106. The van der Waals surface area contributed by atoms with Gasteiger partial charge in [0.2, 0.25) is 0 Å². The van der Waals surface area contributed by atoms with Crippen molar-refractivity contribution in [2.24, 2.45) is 0 Å². The normalized spacial score (nSPS) is 10.0. The molecule has 0 radical (unpaired) electrons. The van der Waals surface area contributed by atoms with Gasteiger partial charge < -0.3 is 4.74 Å². The van der Waals surface area contributed by atoms with Gasteiger partial charge in [-0.3, -0.25) is 0 Å². The van der Waals surface area contributed by atoms with Crippen molar-refractivity contribution >= 4 is 0 Å². The molecule has 1 rings (SSSR count). The highest BCUT2D eigenvalue weighted by molar-refractivity contribution is 5.40. The Morgan fingerprint density at radius 1 is 1.57 bits per heavy atom. The zero-order valence-corrected chi connectivity index (χ0v) is 7.71. The summed E-state index contributed by atoms with van der Waals surface area (Å²) in [4.78, 5) is 3.52. The maximum atomic E-state index is 12.4. The number of alkyl halides is 2. The standard InChI is InChI=1S/C9H8F2N2O/c1-5-3-7(14-2)8(9(10)11)13-6(5)4-12/h3,9H,1-2H3. The monoisotopic (exact) mass is 198 g/mol. The van der Waals surface area contributed by atoms with Crippen LogP contribution in [0.2, 0.25) is 0 Å². The molecule has 0 aliphatic rings. The summed E-state index contributed by atoms with van der Waals surface area (Å²) in [5.41, 5.74) is 0.0319. The first-order valence-electron chi connectivity index (χ1n) is 3.84. The number of methoxy groups -OCH3 is 1. The number of nitrogens with zero attached hydrogens (tertiary/aromatic N) is 2. The fourth-order valence-corrected chi connectivity index (χ4v) is 1.04. The van der Waals surface area contributed by atoms with Crippen LogP contribution >= 0.6 is 0 Å². The van der Waals surface area contributed by atoms with E-state index in [1.54, 1.807) is 13.0 Å². The summed E-state index contributed by atoms with van der Waals surface area (Å²) >= 11 is 0. The number of ether oxygens (including phenoxy) is 1. The van der Waals surface area contributed by atoms with Crippen molar-refractivity contribution in [1.29, 1.82) is 5.26 Å². The number of halogens is 2. The minimum absolute atomic E-state index is 0.00102. The third-order valence-electron chi connectivity index (χ3n) is 1.74. The third kappa shape index (κ3) is 1.79. The van der Waals surface area contributed by atoms with Crippen LogP contribution in [-0.4, -0.2) is 12.1 Å². The average Bonchev–Trinajstić information content (AvgIpc) is 2.16. The number of hydrogen-bond donors (Lipinski definition) is 0. The molecule has 1 aromatic rings. The minimum atomic E-state index is -2.74. The van der Waals surface area contributed by atoms with E-state index in [1.165, 1.54) is 13.2 Å². The summed E-state index contributed by atoms with van der Waals surface area (Å²) < 4.78 is 29.6. The van der Waals surface area contributed by atoms with Crippen molar-refractivity contribution in [3.8, 4) is 11.8 Å². The molecule has 3 nitrogen and oxygen atoms in total. The van der Waals surface area contributed by atoms with Crippen molar-refractivity contribution in [2.45, 2.75) is 13.3 Å². The first-order chi connectivity index (χ1) is 6.60. The van der Waals surface area contributed by atoms with E-state index in [1.807, 2.05) is 0 Å². The van der Waals surface area contributed by atoms with Gasteiger partial charge in [0.25, 0.3) is 6.43 Å². The molecule has 5 heteroatoms. The topological polar surface area (TPSA) is 45.9 Å². The van der Waals surface area contributed by atoms with Gasteiger partial charge in [-0.25, -0.2) is 13.8 Å². The quantitative estimate of drug-likeness (QED) is 0.731. The molecule has 0 atom stereocenters. The van der Waals surface area contributed by atoms with Crippen molar-refractivity contribution in [1.82, 2.24) is 4.98 Å². The molecular formula is C9H8F2N2O. The predicted octanol–water partition coefficient (Wildman–Crippen LogP) is 2.21. The van der Waals surface area contributed by atoms with Crippen LogP contribution < -0.4 is 4.74 Å². The highest BCUT2D eigenvalue weighted by atomic mass is 19.3. The van der Waals surface area contributed by atoms with Gasteiger partial charge in [-0.1, -0.05) is 0 Å². The minimum Gasteiger partial charge on any atom is -0.495 e. The zero-order valence-electron chi connectivity index (χ0n) is 7.71. The molecule has 74 valence electrons. The SMILES string of the molecule is COc1cc(C)c(C#N)nc1C(F)F. The molecule has 0 unspecified atom stereocenters. The Morgan fingerprint density at radius 2 is 2.21 bits per heavy atom. The summed E-state index contributed by atoms with van der Waals surface area (Å²) in [6.07, 6.45) is -2.74. The second kappa shape index (κ2) is 4.01. The highest BCUT2D eigenvalue weighted by Gasteiger charge is 2.17. The molecule has 0 amide bonds. The van der Waals surface area contributed by atoms with E-state index >= 15 is 0 Å². The highest BCUT2D eigenvalue weighted by Crippen LogP contribution is 2.28. The van der Waals surface area contributed by atoms with Crippen molar-refractivity contribution in [3.63, 3.8) is 0 Å². The van der Waals surface area contributed by atoms with Crippen LogP contribution in [0.3, 0.4) is 0 Å². The summed E-state index contributed by atoms with van der Waals surface area (Å²) in [6, 6.07) is 3.12. The molecule has 0 aliphatic carbocycles. The molecule has 0 aliphatic heterocycles. The smallest absolute Gasteiger partial charge is 0.284 e. The Kier molecular flexibility index (Phi) is 2.97. The van der Waals surface area contributed by atoms with Gasteiger partial charge in [0.05, 0.1) is 7.11 Å². The Hall–Kier alpha value is -1.70. The summed E-state index contributed by atoms with van der Waals surface area (Å²) in [7, 11) is 1.29. The molecule has 14 heavy (non-hydrogen) atoms. The van der Waals surface area contributed by atoms with Crippen molar-refractivity contribution < 1.29 is 13.5 Å². The third-order valence-corrected chi connectivity index (χ3v) is 1.74. The van der Waals surface area contributed by atoms with Gasteiger partial charge >= 0.3 is 0 Å². The molecule has 0 saturated carbocycles. The number of aromatic nitrogens is 1. The first kappa shape index (κ1) is 10.4. The number of rotatable bonds is 2. The van der Waals surface area contributed by atoms with E-state index in [2.05, 4.69) is 4.98 Å². The number of nitriles is 1. The summed E-state index contributed by atoms with van der Waals surface area (Å²) in [6.45, 7) is 1.61. The number of aryl methyl sites for hydroxylation is 1. The molecule has 0 fully saturated rings.